The van der Waals surface area contributed by atoms with E-state index >= 15 is 0 Å². The van der Waals surface area contributed by atoms with E-state index in [1.165, 1.54) is 11.1 Å². The third kappa shape index (κ3) is 4.71. The Kier molecular flexibility index (Phi) is 7.27. The molecule has 0 aromatic carbocycles. The van der Waals surface area contributed by atoms with Gasteiger partial charge in [0.05, 0.1) is 0 Å². The predicted octanol–water partition coefficient (Wildman–Crippen LogP) is 3.46. The topological polar surface area (TPSA) is 0 Å². The van der Waals surface area contributed by atoms with Gasteiger partial charge < -0.3 is 0 Å². The van der Waals surface area contributed by atoms with Crippen LogP contribution in [0.1, 0.15) is 20.3 Å². The van der Waals surface area contributed by atoms with Gasteiger partial charge in [0, 0.05) is 0 Å². The second-order valence-corrected chi connectivity index (χ2v) is 5.70. The Balaban J connectivity index is 0.000000236. The Morgan fingerprint density at radius 1 is 1.50 bits per heavy atom. The van der Waals surface area contributed by atoms with Crippen LogP contribution >= 0.6 is 17.0 Å². The van der Waals surface area contributed by atoms with Crippen LogP contribution in [-0.2, 0) is 20.8 Å². The van der Waals surface area contributed by atoms with Crippen LogP contribution in [0.5, 0.6) is 0 Å². The Labute approximate surface area is 81.0 Å². The molecule has 0 saturated heterocycles. The zero-order valence-electron chi connectivity index (χ0n) is 6.04. The second-order valence-electron chi connectivity index (χ2n) is 1.96. The van der Waals surface area contributed by atoms with Crippen LogP contribution in [0.2, 0.25) is 0 Å². The van der Waals surface area contributed by atoms with E-state index < -0.39 is 20.8 Å². The first-order valence-corrected chi connectivity index (χ1v) is 9.26. The minimum absolute atomic E-state index is 0.826. The molecule has 0 aromatic rings. The van der Waals surface area contributed by atoms with Crippen LogP contribution in [0, 0.1) is 6.08 Å². The monoisotopic (exact) mass is 253 g/mol. The van der Waals surface area contributed by atoms with Gasteiger partial charge in [0.15, 0.2) is 0 Å². The van der Waals surface area contributed by atoms with Gasteiger partial charge in [-0.3, -0.25) is 6.08 Å². The van der Waals surface area contributed by atoms with Crippen molar-refractivity contribution in [3.8, 4) is 0 Å². The van der Waals surface area contributed by atoms with Crippen molar-refractivity contribution < 1.29 is 20.8 Å². The van der Waals surface area contributed by atoms with E-state index in [1.54, 1.807) is 0 Å². The molecule has 1 aliphatic carbocycles. The SMILES string of the molecule is CC1=[C-]CC=C1C.[Cl][Zr][Cl]. The van der Waals surface area contributed by atoms with Crippen LogP contribution in [-0.4, -0.2) is 0 Å². The zero-order chi connectivity index (χ0) is 7.98. The number of allylic oxidation sites excluding steroid dienone is 4. The molecule has 0 saturated carbocycles. The molecule has 1 aliphatic rings. The number of halogens is 2. The summed E-state index contributed by atoms with van der Waals surface area (Å²) in [4.78, 5) is 0. The first kappa shape index (κ1) is 10.9. The average Bonchev–Trinajstić information content (AvgIpc) is 2.19. The standard InChI is InChI=1S/C7H9.2ClH.Zr/c1-6-4-3-5-7(6)2;;;/h4H,3H2,1-2H3;2*1H;/q-1;;;+2/p-2. The molecule has 1 rings (SSSR count). The van der Waals surface area contributed by atoms with E-state index in [-0.39, 0.29) is 0 Å². The quantitative estimate of drug-likeness (QED) is 0.581. The van der Waals surface area contributed by atoms with Crippen molar-refractivity contribution in [2.24, 2.45) is 0 Å². The van der Waals surface area contributed by atoms with Gasteiger partial charge in [-0.1, -0.05) is 6.92 Å². The van der Waals surface area contributed by atoms with Crippen LogP contribution in [0.4, 0.5) is 0 Å². The van der Waals surface area contributed by atoms with Crippen LogP contribution in [0.3, 0.4) is 0 Å². The van der Waals surface area contributed by atoms with E-state index in [2.05, 4.69) is 26.0 Å². The molecule has 0 fully saturated rings. The van der Waals surface area contributed by atoms with Crippen molar-refractivity contribution in [1.82, 2.24) is 0 Å². The molecule has 0 aliphatic heterocycles. The van der Waals surface area contributed by atoms with Gasteiger partial charge in [0.25, 0.3) is 0 Å². The van der Waals surface area contributed by atoms with E-state index in [0.717, 1.165) is 6.42 Å². The van der Waals surface area contributed by atoms with Crippen LogP contribution in [0.15, 0.2) is 17.2 Å². The number of hydrogen-bond acceptors (Lipinski definition) is 0. The van der Waals surface area contributed by atoms with Gasteiger partial charge in [-0.25, -0.2) is 11.1 Å². The summed E-state index contributed by atoms with van der Waals surface area (Å²) in [5, 5.41) is 0. The molecule has 0 spiro atoms. The van der Waals surface area contributed by atoms with Crippen molar-refractivity contribution in [3.05, 3.63) is 23.3 Å². The Morgan fingerprint density at radius 3 is 2.10 bits per heavy atom. The molecule has 0 aromatic heterocycles. The molecule has 0 amide bonds. The fraction of sp³-hybridized carbons (Fsp3) is 0.429. The summed E-state index contributed by atoms with van der Waals surface area (Å²) in [5.74, 6) is 0. The summed E-state index contributed by atoms with van der Waals surface area (Å²) >= 11 is -0.826. The molecule has 0 heterocycles. The zero-order valence-corrected chi connectivity index (χ0v) is 10.0. The summed E-state index contributed by atoms with van der Waals surface area (Å²) in [6.45, 7) is 4.22. The van der Waals surface area contributed by atoms with Crippen molar-refractivity contribution in [2.45, 2.75) is 20.3 Å². The molecule has 0 bridgehead atoms. The summed E-state index contributed by atoms with van der Waals surface area (Å²) in [7, 11) is 9.87. The third-order valence-electron chi connectivity index (χ3n) is 1.37. The van der Waals surface area contributed by atoms with E-state index in [1.807, 2.05) is 0 Å². The summed E-state index contributed by atoms with van der Waals surface area (Å²) in [5.41, 5.74) is 2.71. The fourth-order valence-electron chi connectivity index (χ4n) is 0.650. The summed E-state index contributed by atoms with van der Waals surface area (Å²) in [6.07, 6.45) is 6.41. The van der Waals surface area contributed by atoms with Crippen molar-refractivity contribution >= 4 is 17.0 Å². The van der Waals surface area contributed by atoms with Gasteiger partial charge in [-0.05, 0) is 0 Å². The maximum atomic E-state index is 4.93. The summed E-state index contributed by atoms with van der Waals surface area (Å²) < 4.78 is 0. The predicted molar refractivity (Wildman–Crippen MR) is 42.5 cm³/mol. The van der Waals surface area contributed by atoms with Crippen LogP contribution in [0.25, 0.3) is 0 Å². The number of rotatable bonds is 0. The first-order chi connectivity index (χ1) is 4.72. The Bertz CT molecular complexity index is 134. The van der Waals surface area contributed by atoms with Crippen molar-refractivity contribution in [3.63, 3.8) is 0 Å². The Morgan fingerprint density at radius 2 is 2.00 bits per heavy atom. The molecule has 0 radical (unpaired) electrons. The molecule has 0 unspecified atom stereocenters. The number of hydrogen-bond donors (Lipinski definition) is 0. The van der Waals surface area contributed by atoms with Gasteiger partial charge in [0.2, 0.25) is 0 Å². The van der Waals surface area contributed by atoms with Crippen LogP contribution < -0.4 is 0 Å². The van der Waals surface area contributed by atoms with E-state index in [9.17, 15) is 0 Å². The molecule has 0 atom stereocenters. The average molecular weight is 255 g/mol. The van der Waals surface area contributed by atoms with Gasteiger partial charge in [0.1, 0.15) is 0 Å². The molecule has 10 heavy (non-hydrogen) atoms. The van der Waals surface area contributed by atoms with E-state index in [0.29, 0.717) is 0 Å². The fourth-order valence-corrected chi connectivity index (χ4v) is 0.650. The maximum absolute atomic E-state index is 4.93. The second kappa shape index (κ2) is 6.64. The third-order valence-corrected chi connectivity index (χ3v) is 1.37. The van der Waals surface area contributed by atoms with Crippen molar-refractivity contribution in [1.29, 1.82) is 0 Å². The van der Waals surface area contributed by atoms with Crippen molar-refractivity contribution in [2.75, 3.05) is 0 Å². The first-order valence-electron chi connectivity index (χ1n) is 2.93. The van der Waals surface area contributed by atoms with Gasteiger partial charge >= 0.3 is 37.9 Å². The normalized spacial score (nSPS) is 14.8. The Hall–Kier alpha value is 0.943. The molecule has 0 N–H and O–H groups in total. The molecule has 3 heteroatoms. The summed E-state index contributed by atoms with van der Waals surface area (Å²) in [6, 6.07) is 0. The van der Waals surface area contributed by atoms with Gasteiger partial charge in [-0.15, -0.1) is 13.3 Å². The van der Waals surface area contributed by atoms with Gasteiger partial charge in [-0.2, -0.15) is 6.08 Å². The molecule has 0 nitrogen and oxygen atoms in total. The molecular weight excluding hydrogens is 246 g/mol. The molecule has 56 valence electrons. The van der Waals surface area contributed by atoms with E-state index in [4.69, 9.17) is 17.0 Å². The minimum atomic E-state index is -0.826. The molecular formula is C7H9Cl2Zr-.